The van der Waals surface area contributed by atoms with Crippen molar-refractivity contribution in [2.45, 2.75) is 102 Å². The van der Waals surface area contributed by atoms with Crippen molar-refractivity contribution >= 4 is 0 Å². The van der Waals surface area contributed by atoms with E-state index in [0.717, 1.165) is 35.5 Å². The maximum atomic E-state index is 6.08. The van der Waals surface area contributed by atoms with Gasteiger partial charge in [0.2, 0.25) is 0 Å². The third-order valence-electron chi connectivity index (χ3n) is 8.66. The van der Waals surface area contributed by atoms with Gasteiger partial charge in [-0.1, -0.05) is 37.1 Å². The topological polar surface area (TPSA) is 52.0 Å². The van der Waals surface area contributed by atoms with Gasteiger partial charge in [0.15, 0.2) is 0 Å². The van der Waals surface area contributed by atoms with E-state index in [9.17, 15) is 0 Å². The van der Waals surface area contributed by atoms with Crippen molar-refractivity contribution in [1.29, 1.82) is 0 Å². The van der Waals surface area contributed by atoms with Crippen LogP contribution in [0, 0.1) is 35.5 Å². The van der Waals surface area contributed by atoms with Gasteiger partial charge in [-0.3, -0.25) is 0 Å². The summed E-state index contributed by atoms with van der Waals surface area (Å²) in [5, 5.41) is 0. The van der Waals surface area contributed by atoms with Crippen molar-refractivity contribution in [3.63, 3.8) is 0 Å². The minimum atomic E-state index is 0.324. The lowest BCUT2D eigenvalue weighted by molar-refractivity contribution is 0.189. The predicted octanol–water partition coefficient (Wildman–Crippen LogP) is 5.97. The highest BCUT2D eigenvalue weighted by Gasteiger charge is 2.30. The molecule has 0 saturated heterocycles. The maximum absolute atomic E-state index is 6.08. The van der Waals surface area contributed by atoms with Gasteiger partial charge < -0.3 is 11.5 Å². The summed E-state index contributed by atoms with van der Waals surface area (Å²) in [4.78, 5) is 0. The molecule has 0 aromatic rings. The molecular weight excluding hydrogens is 340 g/mol. The Hall–Kier alpha value is -0.600. The van der Waals surface area contributed by atoms with Crippen LogP contribution in [0.4, 0.5) is 0 Å². The molecule has 4 atom stereocenters. The molecule has 0 amide bonds. The van der Waals surface area contributed by atoms with E-state index in [0.29, 0.717) is 12.1 Å². The third kappa shape index (κ3) is 5.72. The van der Waals surface area contributed by atoms with Crippen molar-refractivity contribution < 1.29 is 0 Å². The second-order valence-electron chi connectivity index (χ2n) is 10.8. The molecule has 0 aliphatic heterocycles. The fourth-order valence-corrected chi connectivity index (χ4v) is 6.72. The molecule has 0 aromatic carbocycles. The first-order valence-corrected chi connectivity index (χ1v) is 12.5. The average molecular weight is 385 g/mol. The Kier molecular flexibility index (Phi) is 7.33. The third-order valence-corrected chi connectivity index (χ3v) is 8.66. The van der Waals surface area contributed by atoms with Crippen LogP contribution in [0.15, 0.2) is 24.3 Å². The van der Waals surface area contributed by atoms with Gasteiger partial charge in [0.25, 0.3) is 0 Å². The van der Waals surface area contributed by atoms with Crippen LogP contribution >= 0.6 is 0 Å². The molecule has 4 aliphatic rings. The first kappa shape index (κ1) is 20.7. The molecule has 4 unspecified atom stereocenters. The summed E-state index contributed by atoms with van der Waals surface area (Å²) in [5.74, 6) is 5.44. The molecule has 2 saturated carbocycles. The SMILES string of the molecule is NC1C=CC(CC2CCC(C3C=CC(CC4CCC(N)CC4)CC3)CC2)CC1. The van der Waals surface area contributed by atoms with Crippen LogP contribution in [-0.4, -0.2) is 12.1 Å². The average Bonchev–Trinajstić information content (AvgIpc) is 2.73. The zero-order valence-corrected chi connectivity index (χ0v) is 18.0. The fourth-order valence-electron chi connectivity index (χ4n) is 6.72. The lowest BCUT2D eigenvalue weighted by Crippen LogP contribution is -2.28. The zero-order valence-electron chi connectivity index (χ0n) is 18.0. The largest absolute Gasteiger partial charge is 0.328 e. The van der Waals surface area contributed by atoms with E-state index >= 15 is 0 Å². The highest BCUT2D eigenvalue weighted by atomic mass is 14.6. The second-order valence-corrected chi connectivity index (χ2v) is 10.8. The molecule has 2 fully saturated rings. The van der Waals surface area contributed by atoms with Gasteiger partial charge in [0, 0.05) is 12.1 Å². The van der Waals surface area contributed by atoms with E-state index in [1.165, 1.54) is 89.9 Å². The van der Waals surface area contributed by atoms with Crippen LogP contribution < -0.4 is 11.5 Å². The monoisotopic (exact) mass is 384 g/mol. The number of rotatable bonds is 5. The van der Waals surface area contributed by atoms with Crippen LogP contribution in [0.1, 0.15) is 89.9 Å². The quantitative estimate of drug-likeness (QED) is 0.574. The van der Waals surface area contributed by atoms with Crippen molar-refractivity contribution in [2.24, 2.45) is 47.0 Å². The Labute approximate surface area is 173 Å². The Balaban J connectivity index is 1.17. The molecule has 28 heavy (non-hydrogen) atoms. The molecular formula is C26H44N2. The van der Waals surface area contributed by atoms with Crippen LogP contribution in [0.5, 0.6) is 0 Å². The lowest BCUT2D eigenvalue weighted by Gasteiger charge is -2.37. The molecule has 4 aliphatic carbocycles. The summed E-state index contributed by atoms with van der Waals surface area (Å²) in [6, 6.07) is 0.814. The Bertz CT molecular complexity index is 523. The van der Waals surface area contributed by atoms with Gasteiger partial charge in [-0.05, 0) is 113 Å². The van der Waals surface area contributed by atoms with Gasteiger partial charge in [0.1, 0.15) is 0 Å². The first-order valence-electron chi connectivity index (χ1n) is 12.5. The zero-order chi connectivity index (χ0) is 19.3. The number of hydrogen-bond donors (Lipinski definition) is 2. The van der Waals surface area contributed by atoms with Crippen LogP contribution in [-0.2, 0) is 0 Å². The van der Waals surface area contributed by atoms with Gasteiger partial charge in [0.05, 0.1) is 0 Å². The summed E-state index contributed by atoms with van der Waals surface area (Å²) >= 11 is 0. The summed E-state index contributed by atoms with van der Waals surface area (Å²) in [6.45, 7) is 0. The normalized spacial score (nSPS) is 44.5. The van der Waals surface area contributed by atoms with E-state index in [1.54, 1.807) is 0 Å². The minimum Gasteiger partial charge on any atom is -0.328 e. The van der Waals surface area contributed by atoms with Crippen molar-refractivity contribution in [3.05, 3.63) is 24.3 Å². The number of hydrogen-bond acceptors (Lipinski definition) is 2. The molecule has 0 bridgehead atoms. The summed E-state index contributed by atoms with van der Waals surface area (Å²) < 4.78 is 0. The van der Waals surface area contributed by atoms with Crippen LogP contribution in [0.3, 0.4) is 0 Å². The fraction of sp³-hybridized carbons (Fsp3) is 0.846. The van der Waals surface area contributed by atoms with Gasteiger partial charge in [-0.15, -0.1) is 0 Å². The van der Waals surface area contributed by atoms with E-state index < -0.39 is 0 Å². The lowest BCUT2D eigenvalue weighted by atomic mass is 9.69. The van der Waals surface area contributed by atoms with Crippen LogP contribution in [0.25, 0.3) is 0 Å². The Morgan fingerprint density at radius 2 is 1.11 bits per heavy atom. The number of nitrogens with two attached hydrogens (primary N) is 2. The molecule has 2 nitrogen and oxygen atoms in total. The molecule has 0 heterocycles. The molecule has 0 radical (unpaired) electrons. The van der Waals surface area contributed by atoms with Gasteiger partial charge in [-0.25, -0.2) is 0 Å². The van der Waals surface area contributed by atoms with Gasteiger partial charge in [-0.2, -0.15) is 0 Å². The standard InChI is InChI=1S/C26H44N2/c27-25-13-5-21(6-14-25)17-19-1-9-23(10-2-19)24-11-3-20(4-12-24)18-22-7-15-26(28)16-8-22/h1,7,9,15,19-26H,2-6,8,10-14,16-18,27-28H2. The van der Waals surface area contributed by atoms with Gasteiger partial charge >= 0.3 is 0 Å². The smallest absolute Gasteiger partial charge is 0.0223 e. The number of allylic oxidation sites excluding steroid dienone is 3. The van der Waals surface area contributed by atoms with Crippen molar-refractivity contribution in [1.82, 2.24) is 0 Å². The Morgan fingerprint density at radius 3 is 1.64 bits per heavy atom. The first-order chi connectivity index (χ1) is 13.7. The Morgan fingerprint density at radius 1 is 0.536 bits per heavy atom. The molecule has 4 rings (SSSR count). The van der Waals surface area contributed by atoms with E-state index in [2.05, 4.69) is 24.3 Å². The predicted molar refractivity (Wildman–Crippen MR) is 120 cm³/mol. The summed E-state index contributed by atoms with van der Waals surface area (Å²) in [7, 11) is 0. The van der Waals surface area contributed by atoms with Crippen molar-refractivity contribution in [2.75, 3.05) is 0 Å². The van der Waals surface area contributed by atoms with Crippen LogP contribution in [0.2, 0.25) is 0 Å². The van der Waals surface area contributed by atoms with E-state index in [4.69, 9.17) is 11.5 Å². The molecule has 0 aromatic heterocycles. The molecule has 158 valence electrons. The van der Waals surface area contributed by atoms with E-state index in [1.807, 2.05) is 0 Å². The molecule has 4 N–H and O–H groups in total. The molecule has 0 spiro atoms. The molecule has 2 heteroatoms. The minimum absolute atomic E-state index is 0.324. The summed E-state index contributed by atoms with van der Waals surface area (Å²) in [6.07, 6.45) is 29.3. The van der Waals surface area contributed by atoms with E-state index in [-0.39, 0.29) is 0 Å². The van der Waals surface area contributed by atoms with Crippen molar-refractivity contribution in [3.8, 4) is 0 Å². The summed E-state index contributed by atoms with van der Waals surface area (Å²) in [5.41, 5.74) is 12.1. The second kappa shape index (κ2) is 9.94. The highest BCUT2D eigenvalue weighted by molar-refractivity contribution is 5.03. The highest BCUT2D eigenvalue weighted by Crippen LogP contribution is 2.42. The maximum Gasteiger partial charge on any atom is 0.0223 e.